The maximum absolute atomic E-state index is 11.6. The molecule has 82 valence electrons. The SMILES string of the molecule is C=CC1(CCCC)C(=O)NC(=O)NC1=O. The Hall–Kier alpha value is -1.65. The molecule has 0 atom stereocenters. The summed E-state index contributed by atoms with van der Waals surface area (Å²) in [7, 11) is 0. The molecule has 0 unspecified atom stereocenters. The van der Waals surface area contributed by atoms with Gasteiger partial charge in [0, 0.05) is 0 Å². The molecule has 0 aromatic carbocycles. The van der Waals surface area contributed by atoms with Gasteiger partial charge in [0.05, 0.1) is 0 Å². The Morgan fingerprint density at radius 1 is 1.27 bits per heavy atom. The van der Waals surface area contributed by atoms with Crippen LogP contribution in [0.5, 0.6) is 0 Å². The zero-order chi connectivity index (χ0) is 11.5. The maximum Gasteiger partial charge on any atom is 0.328 e. The topological polar surface area (TPSA) is 75.3 Å². The fourth-order valence-corrected chi connectivity index (χ4v) is 1.53. The second kappa shape index (κ2) is 4.25. The molecule has 0 radical (unpaired) electrons. The van der Waals surface area contributed by atoms with Gasteiger partial charge in [0.1, 0.15) is 5.41 Å². The van der Waals surface area contributed by atoms with Gasteiger partial charge in [0.2, 0.25) is 11.8 Å². The number of hydrogen-bond acceptors (Lipinski definition) is 3. The van der Waals surface area contributed by atoms with Crippen LogP contribution in [0.3, 0.4) is 0 Å². The summed E-state index contributed by atoms with van der Waals surface area (Å²) in [6.45, 7) is 5.46. The van der Waals surface area contributed by atoms with Crippen molar-refractivity contribution in [3.8, 4) is 0 Å². The zero-order valence-electron chi connectivity index (χ0n) is 8.63. The predicted molar refractivity (Wildman–Crippen MR) is 53.8 cm³/mol. The molecule has 1 saturated heterocycles. The summed E-state index contributed by atoms with van der Waals surface area (Å²) >= 11 is 0. The number of rotatable bonds is 4. The first-order valence-corrected chi connectivity index (χ1v) is 4.87. The van der Waals surface area contributed by atoms with Crippen LogP contribution in [0.15, 0.2) is 12.7 Å². The highest BCUT2D eigenvalue weighted by Gasteiger charge is 2.47. The summed E-state index contributed by atoms with van der Waals surface area (Å²) < 4.78 is 0. The first-order valence-electron chi connectivity index (χ1n) is 4.87. The lowest BCUT2D eigenvalue weighted by molar-refractivity contribution is -0.141. The number of unbranched alkanes of at least 4 members (excludes halogenated alkanes) is 1. The van der Waals surface area contributed by atoms with Gasteiger partial charge < -0.3 is 0 Å². The second-order valence-electron chi connectivity index (χ2n) is 3.52. The van der Waals surface area contributed by atoms with E-state index in [9.17, 15) is 14.4 Å². The minimum absolute atomic E-state index is 0.373. The summed E-state index contributed by atoms with van der Waals surface area (Å²) in [5, 5.41) is 4.16. The van der Waals surface area contributed by atoms with Crippen molar-refractivity contribution in [1.82, 2.24) is 10.6 Å². The van der Waals surface area contributed by atoms with Crippen molar-refractivity contribution in [3.05, 3.63) is 12.7 Å². The Bertz CT molecular complexity index is 303. The van der Waals surface area contributed by atoms with E-state index in [1.165, 1.54) is 6.08 Å². The number of imide groups is 2. The molecule has 1 rings (SSSR count). The van der Waals surface area contributed by atoms with Crippen LogP contribution in [0, 0.1) is 5.41 Å². The van der Waals surface area contributed by atoms with Crippen LogP contribution in [0.2, 0.25) is 0 Å². The van der Waals surface area contributed by atoms with Crippen molar-refractivity contribution in [2.45, 2.75) is 26.2 Å². The molecule has 0 bridgehead atoms. The number of barbiturate groups is 1. The molecular weight excluding hydrogens is 196 g/mol. The zero-order valence-corrected chi connectivity index (χ0v) is 8.63. The van der Waals surface area contributed by atoms with Gasteiger partial charge in [-0.25, -0.2) is 4.79 Å². The lowest BCUT2D eigenvalue weighted by Crippen LogP contribution is -2.61. The third-order valence-corrected chi connectivity index (χ3v) is 2.54. The van der Waals surface area contributed by atoms with Crippen LogP contribution < -0.4 is 10.6 Å². The Morgan fingerprint density at radius 3 is 2.20 bits per heavy atom. The largest absolute Gasteiger partial charge is 0.328 e. The molecule has 5 heteroatoms. The molecule has 1 fully saturated rings. The molecule has 0 spiro atoms. The van der Waals surface area contributed by atoms with E-state index in [1.807, 2.05) is 6.92 Å². The van der Waals surface area contributed by atoms with Gasteiger partial charge >= 0.3 is 6.03 Å². The highest BCUT2D eigenvalue weighted by atomic mass is 16.2. The van der Waals surface area contributed by atoms with Crippen molar-refractivity contribution < 1.29 is 14.4 Å². The van der Waals surface area contributed by atoms with Gasteiger partial charge in [-0.05, 0) is 6.42 Å². The fraction of sp³-hybridized carbons (Fsp3) is 0.500. The monoisotopic (exact) mass is 210 g/mol. The van der Waals surface area contributed by atoms with Crippen molar-refractivity contribution in [2.24, 2.45) is 5.41 Å². The van der Waals surface area contributed by atoms with Crippen LogP contribution in [0.4, 0.5) is 4.79 Å². The number of hydrogen-bond donors (Lipinski definition) is 2. The van der Waals surface area contributed by atoms with E-state index in [1.54, 1.807) is 0 Å². The third-order valence-electron chi connectivity index (χ3n) is 2.54. The van der Waals surface area contributed by atoms with Crippen LogP contribution in [0.25, 0.3) is 0 Å². The molecule has 0 aromatic rings. The molecule has 0 aromatic heterocycles. The Balaban J connectivity index is 2.94. The maximum atomic E-state index is 11.6. The number of carbonyl (C=O) groups is 3. The second-order valence-corrected chi connectivity index (χ2v) is 3.52. The van der Waals surface area contributed by atoms with Crippen molar-refractivity contribution in [2.75, 3.05) is 0 Å². The normalized spacial score (nSPS) is 19.4. The van der Waals surface area contributed by atoms with Gasteiger partial charge in [-0.1, -0.05) is 25.8 Å². The van der Waals surface area contributed by atoms with Gasteiger partial charge in [-0.2, -0.15) is 0 Å². The van der Waals surface area contributed by atoms with E-state index in [0.717, 1.165) is 12.8 Å². The van der Waals surface area contributed by atoms with E-state index in [2.05, 4.69) is 17.2 Å². The predicted octanol–water partition coefficient (Wildman–Crippen LogP) is 0.715. The minimum atomic E-state index is -1.29. The fourth-order valence-electron chi connectivity index (χ4n) is 1.53. The standard InChI is InChI=1S/C10H14N2O3/c1-3-5-6-10(4-2)7(13)11-9(15)12-8(10)14/h4H,2-3,5-6H2,1H3,(H2,11,12,13,14,15). The van der Waals surface area contributed by atoms with E-state index in [4.69, 9.17) is 0 Å². The van der Waals surface area contributed by atoms with E-state index >= 15 is 0 Å². The summed E-state index contributed by atoms with van der Waals surface area (Å²) in [4.78, 5) is 34.1. The minimum Gasteiger partial charge on any atom is -0.277 e. The van der Waals surface area contributed by atoms with Crippen LogP contribution in [-0.4, -0.2) is 17.8 Å². The summed E-state index contributed by atoms with van der Waals surface area (Å²) in [6, 6.07) is -0.765. The summed E-state index contributed by atoms with van der Waals surface area (Å²) in [5.74, 6) is -1.17. The van der Waals surface area contributed by atoms with E-state index in [-0.39, 0.29) is 0 Å². The first kappa shape index (κ1) is 11.4. The van der Waals surface area contributed by atoms with Gasteiger partial charge in [0.15, 0.2) is 0 Å². The van der Waals surface area contributed by atoms with Gasteiger partial charge in [0.25, 0.3) is 0 Å². The van der Waals surface area contributed by atoms with Crippen LogP contribution >= 0.6 is 0 Å². The summed E-state index contributed by atoms with van der Waals surface area (Å²) in [6.07, 6.45) is 3.27. The summed E-state index contributed by atoms with van der Waals surface area (Å²) in [5.41, 5.74) is -1.29. The van der Waals surface area contributed by atoms with Crippen LogP contribution in [-0.2, 0) is 9.59 Å². The molecule has 0 aliphatic carbocycles. The molecule has 1 aliphatic rings. The molecule has 5 nitrogen and oxygen atoms in total. The molecule has 1 heterocycles. The Kier molecular flexibility index (Phi) is 3.24. The number of amides is 4. The molecular formula is C10H14N2O3. The lowest BCUT2D eigenvalue weighted by Gasteiger charge is -2.30. The van der Waals surface area contributed by atoms with Crippen LogP contribution in [0.1, 0.15) is 26.2 Å². The quantitative estimate of drug-likeness (QED) is 0.530. The molecule has 15 heavy (non-hydrogen) atoms. The van der Waals surface area contributed by atoms with Crippen molar-refractivity contribution in [1.29, 1.82) is 0 Å². The van der Waals surface area contributed by atoms with Crippen molar-refractivity contribution in [3.63, 3.8) is 0 Å². The van der Waals surface area contributed by atoms with Gasteiger partial charge in [-0.15, -0.1) is 6.58 Å². The van der Waals surface area contributed by atoms with Gasteiger partial charge in [-0.3, -0.25) is 20.2 Å². The van der Waals surface area contributed by atoms with E-state index in [0.29, 0.717) is 6.42 Å². The van der Waals surface area contributed by atoms with Crippen molar-refractivity contribution >= 4 is 17.8 Å². The first-order chi connectivity index (χ1) is 7.06. The molecule has 2 N–H and O–H groups in total. The smallest absolute Gasteiger partial charge is 0.277 e. The van der Waals surface area contributed by atoms with E-state index < -0.39 is 23.3 Å². The Labute approximate surface area is 87.9 Å². The molecule has 0 saturated carbocycles. The third kappa shape index (κ3) is 1.91. The number of carbonyl (C=O) groups excluding carboxylic acids is 3. The average Bonchev–Trinajstić information content (AvgIpc) is 2.17. The number of urea groups is 1. The highest BCUT2D eigenvalue weighted by Crippen LogP contribution is 2.28. The average molecular weight is 210 g/mol. The molecule has 4 amide bonds. The molecule has 1 aliphatic heterocycles. The Morgan fingerprint density at radius 2 is 1.80 bits per heavy atom. The highest BCUT2D eigenvalue weighted by molar-refractivity contribution is 6.20. The lowest BCUT2D eigenvalue weighted by atomic mass is 9.80. The number of nitrogens with one attached hydrogen (secondary N) is 2.